The highest BCUT2D eigenvalue weighted by molar-refractivity contribution is 6.35. The first kappa shape index (κ1) is 24.7. The third kappa shape index (κ3) is 5.97. The van der Waals surface area contributed by atoms with Crippen LogP contribution < -0.4 is 10.6 Å². The number of halogens is 1. The van der Waals surface area contributed by atoms with Gasteiger partial charge < -0.3 is 25.5 Å². The van der Waals surface area contributed by atoms with Gasteiger partial charge in [-0.25, -0.2) is 9.18 Å². The molecule has 0 bridgehead atoms. The van der Waals surface area contributed by atoms with Crippen molar-refractivity contribution in [2.75, 3.05) is 25.0 Å². The van der Waals surface area contributed by atoms with Crippen molar-refractivity contribution in [3.63, 3.8) is 0 Å². The molecule has 1 saturated heterocycles. The Morgan fingerprint density at radius 3 is 2.23 bits per heavy atom. The van der Waals surface area contributed by atoms with Crippen molar-refractivity contribution in [1.29, 1.82) is 0 Å². The van der Waals surface area contributed by atoms with E-state index in [0.29, 0.717) is 50.3 Å². The predicted octanol–water partition coefficient (Wildman–Crippen LogP) is 2.97. The maximum absolute atomic E-state index is 14.9. The summed E-state index contributed by atoms with van der Waals surface area (Å²) >= 11 is 0. The number of benzene rings is 2. The molecule has 0 radical (unpaired) electrons. The van der Waals surface area contributed by atoms with Crippen molar-refractivity contribution >= 4 is 23.5 Å². The monoisotopic (exact) mass is 482 g/mol. The van der Waals surface area contributed by atoms with Crippen LogP contribution in [0.25, 0.3) is 0 Å². The van der Waals surface area contributed by atoms with Crippen LogP contribution >= 0.6 is 0 Å². The van der Waals surface area contributed by atoms with Gasteiger partial charge in [-0.3, -0.25) is 9.59 Å². The Bertz CT molecular complexity index is 1100. The standard InChI is InChI=1S/C26H31FN4O4/c1-26(2,35)16-28-23(32)24(33)30-11-9-17(10-12-30)21-8-7-20(13-22(21)27)29-25(34)31-14-18-5-3-4-6-19(18)15-31/h3-8,13,17,35H,9-12,14-16H2,1-2H3,(H,28,32)(H,29,34). The van der Waals surface area contributed by atoms with Gasteiger partial charge in [-0.15, -0.1) is 0 Å². The van der Waals surface area contributed by atoms with Crippen LogP contribution in [-0.4, -0.2) is 58.0 Å². The Hall–Kier alpha value is -3.46. The fourth-order valence-electron chi connectivity index (χ4n) is 4.52. The fraction of sp³-hybridized carbons (Fsp3) is 0.423. The Kier molecular flexibility index (Phi) is 7.07. The molecule has 186 valence electrons. The molecule has 0 atom stereocenters. The van der Waals surface area contributed by atoms with Crippen LogP contribution in [0.4, 0.5) is 14.9 Å². The highest BCUT2D eigenvalue weighted by atomic mass is 19.1. The van der Waals surface area contributed by atoms with Gasteiger partial charge in [-0.1, -0.05) is 30.3 Å². The van der Waals surface area contributed by atoms with E-state index < -0.39 is 23.2 Å². The molecule has 2 aliphatic rings. The number of urea groups is 1. The zero-order valence-electron chi connectivity index (χ0n) is 20.0. The van der Waals surface area contributed by atoms with Crippen LogP contribution in [0.15, 0.2) is 42.5 Å². The second kappa shape index (κ2) is 10.0. The number of piperidine rings is 1. The lowest BCUT2D eigenvalue weighted by atomic mass is 9.89. The Labute approximate surface area is 204 Å². The van der Waals surface area contributed by atoms with Gasteiger partial charge in [0.2, 0.25) is 0 Å². The molecule has 2 heterocycles. The summed E-state index contributed by atoms with van der Waals surface area (Å²) in [5, 5.41) is 14.9. The van der Waals surface area contributed by atoms with Crippen molar-refractivity contribution in [3.05, 3.63) is 65.0 Å². The van der Waals surface area contributed by atoms with Crippen molar-refractivity contribution in [2.24, 2.45) is 0 Å². The van der Waals surface area contributed by atoms with E-state index in [4.69, 9.17) is 0 Å². The van der Waals surface area contributed by atoms with Gasteiger partial charge in [0, 0.05) is 38.4 Å². The number of likely N-dealkylation sites (tertiary alicyclic amines) is 1. The number of amides is 4. The molecule has 2 aromatic rings. The number of fused-ring (bicyclic) bond motifs is 1. The molecular formula is C26H31FN4O4. The maximum atomic E-state index is 14.9. The van der Waals surface area contributed by atoms with Gasteiger partial charge in [-0.2, -0.15) is 0 Å². The minimum Gasteiger partial charge on any atom is -0.389 e. The summed E-state index contributed by atoms with van der Waals surface area (Å²) in [6, 6.07) is 12.3. The summed E-state index contributed by atoms with van der Waals surface area (Å²) in [6.07, 6.45) is 1.05. The molecule has 0 spiro atoms. The van der Waals surface area contributed by atoms with Crippen LogP contribution in [0.5, 0.6) is 0 Å². The van der Waals surface area contributed by atoms with Crippen LogP contribution in [0, 0.1) is 5.82 Å². The van der Waals surface area contributed by atoms with Gasteiger partial charge in [0.15, 0.2) is 0 Å². The number of hydrogen-bond donors (Lipinski definition) is 3. The zero-order valence-corrected chi connectivity index (χ0v) is 20.0. The molecule has 4 amide bonds. The highest BCUT2D eigenvalue weighted by Gasteiger charge is 2.30. The first-order valence-corrected chi connectivity index (χ1v) is 11.8. The molecule has 1 fully saturated rings. The van der Waals surface area contributed by atoms with E-state index in [9.17, 15) is 23.9 Å². The second-order valence-electron chi connectivity index (χ2n) is 9.85. The summed E-state index contributed by atoms with van der Waals surface area (Å²) in [5.74, 6) is -1.88. The number of aliphatic hydroxyl groups is 1. The first-order chi connectivity index (χ1) is 16.6. The SMILES string of the molecule is CC(C)(O)CNC(=O)C(=O)N1CCC(c2ccc(NC(=O)N3Cc4ccccc4C3)cc2F)CC1. The number of anilines is 1. The summed E-state index contributed by atoms with van der Waals surface area (Å²) in [5.41, 5.74) is 2.05. The lowest BCUT2D eigenvalue weighted by Crippen LogP contribution is -2.49. The van der Waals surface area contributed by atoms with Gasteiger partial charge in [0.05, 0.1) is 5.60 Å². The minimum absolute atomic E-state index is 0.0210. The quantitative estimate of drug-likeness (QED) is 0.583. The average Bonchev–Trinajstić information content (AvgIpc) is 3.26. The van der Waals surface area contributed by atoms with Gasteiger partial charge in [0.1, 0.15) is 5.82 Å². The van der Waals surface area contributed by atoms with Crippen LogP contribution in [0.1, 0.15) is 49.3 Å². The largest absolute Gasteiger partial charge is 0.389 e. The fourth-order valence-corrected chi connectivity index (χ4v) is 4.52. The molecule has 4 rings (SSSR count). The molecule has 35 heavy (non-hydrogen) atoms. The van der Waals surface area contributed by atoms with E-state index in [1.165, 1.54) is 11.0 Å². The van der Waals surface area contributed by atoms with Crippen molar-refractivity contribution in [1.82, 2.24) is 15.1 Å². The van der Waals surface area contributed by atoms with E-state index >= 15 is 0 Å². The van der Waals surface area contributed by atoms with Crippen LogP contribution in [0.3, 0.4) is 0 Å². The lowest BCUT2D eigenvalue weighted by Gasteiger charge is -2.32. The number of carbonyl (C=O) groups excluding carboxylic acids is 3. The predicted molar refractivity (Wildman–Crippen MR) is 129 cm³/mol. The van der Waals surface area contributed by atoms with Crippen molar-refractivity contribution in [2.45, 2.75) is 51.3 Å². The Morgan fingerprint density at radius 1 is 1.03 bits per heavy atom. The summed E-state index contributed by atoms with van der Waals surface area (Å²) < 4.78 is 14.9. The van der Waals surface area contributed by atoms with Crippen molar-refractivity contribution in [3.8, 4) is 0 Å². The Balaban J connectivity index is 1.30. The molecule has 9 heteroatoms. The molecule has 0 aromatic heterocycles. The highest BCUT2D eigenvalue weighted by Crippen LogP contribution is 2.31. The molecule has 2 aromatic carbocycles. The summed E-state index contributed by atoms with van der Waals surface area (Å²) in [7, 11) is 0. The smallest absolute Gasteiger partial charge is 0.322 e. The van der Waals surface area contributed by atoms with Gasteiger partial charge in [0.25, 0.3) is 0 Å². The number of hydrogen-bond acceptors (Lipinski definition) is 4. The average molecular weight is 483 g/mol. The zero-order chi connectivity index (χ0) is 25.2. The lowest BCUT2D eigenvalue weighted by molar-refractivity contribution is -0.147. The maximum Gasteiger partial charge on any atom is 0.322 e. The third-order valence-corrected chi connectivity index (χ3v) is 6.48. The van der Waals surface area contributed by atoms with E-state index in [1.54, 1.807) is 30.9 Å². The Morgan fingerprint density at radius 2 is 1.66 bits per heavy atom. The number of nitrogens with zero attached hydrogens (tertiary/aromatic N) is 2. The second-order valence-corrected chi connectivity index (χ2v) is 9.85. The topological polar surface area (TPSA) is 102 Å². The summed E-state index contributed by atoms with van der Waals surface area (Å²) in [4.78, 5) is 40.2. The molecule has 0 saturated carbocycles. The minimum atomic E-state index is -1.11. The summed E-state index contributed by atoms with van der Waals surface area (Å²) in [6.45, 7) is 4.79. The normalized spacial score (nSPS) is 16.1. The molecular weight excluding hydrogens is 451 g/mol. The third-order valence-electron chi connectivity index (χ3n) is 6.48. The first-order valence-electron chi connectivity index (χ1n) is 11.8. The molecule has 3 N–H and O–H groups in total. The number of carbonyl (C=O) groups is 3. The number of nitrogens with one attached hydrogen (secondary N) is 2. The van der Waals surface area contributed by atoms with E-state index in [0.717, 1.165) is 11.1 Å². The van der Waals surface area contributed by atoms with E-state index in [1.807, 2.05) is 24.3 Å². The number of rotatable bonds is 4. The van der Waals surface area contributed by atoms with Gasteiger partial charge in [-0.05, 0) is 61.4 Å². The molecule has 0 aliphatic carbocycles. The molecule has 8 nitrogen and oxygen atoms in total. The van der Waals surface area contributed by atoms with Gasteiger partial charge >= 0.3 is 17.8 Å². The molecule has 2 aliphatic heterocycles. The van der Waals surface area contributed by atoms with E-state index in [-0.39, 0.29) is 18.5 Å². The van der Waals surface area contributed by atoms with E-state index in [2.05, 4.69) is 10.6 Å². The molecule has 0 unspecified atom stereocenters. The van der Waals surface area contributed by atoms with Crippen LogP contribution in [0.2, 0.25) is 0 Å². The van der Waals surface area contributed by atoms with Crippen LogP contribution in [-0.2, 0) is 22.7 Å². The van der Waals surface area contributed by atoms with Crippen molar-refractivity contribution < 1.29 is 23.9 Å².